The molecule has 0 bridgehead atoms. The highest BCUT2D eigenvalue weighted by molar-refractivity contribution is 5.95. The lowest BCUT2D eigenvalue weighted by molar-refractivity contribution is 0.0696. The van der Waals surface area contributed by atoms with Crippen LogP contribution in [0.1, 0.15) is 21.5 Å². The van der Waals surface area contributed by atoms with E-state index in [0.717, 1.165) is 0 Å². The van der Waals surface area contributed by atoms with E-state index in [1.54, 1.807) is 37.4 Å². The summed E-state index contributed by atoms with van der Waals surface area (Å²) in [6.07, 6.45) is 1.63. The second-order valence-electron chi connectivity index (χ2n) is 4.31. The van der Waals surface area contributed by atoms with Gasteiger partial charge in [0.15, 0.2) is 0 Å². The fraction of sp³-hybridized carbons (Fsp3) is 0.143. The molecule has 1 aromatic carbocycles. The molecule has 0 aliphatic heterocycles. The molecule has 5 nitrogen and oxygen atoms in total. The third kappa shape index (κ3) is 2.49. The van der Waals surface area contributed by atoms with E-state index in [1.165, 1.54) is 10.6 Å². The zero-order chi connectivity index (χ0) is 14.0. The lowest BCUT2D eigenvalue weighted by atomic mass is 10.1. The number of nitrogen functional groups attached to an aromatic ring is 1. The molecule has 0 saturated carbocycles. The number of rotatable bonds is 3. The number of anilines is 1. The van der Waals surface area contributed by atoms with Gasteiger partial charge in [0.05, 0.1) is 12.1 Å². The van der Waals surface area contributed by atoms with Gasteiger partial charge in [-0.3, -0.25) is 4.79 Å². The third-order valence-corrected chi connectivity index (χ3v) is 2.95. The molecule has 2 rings (SSSR count). The molecular weight excluding hydrogens is 244 g/mol. The van der Waals surface area contributed by atoms with E-state index >= 15 is 0 Å². The number of carboxylic acid groups (broad SMARTS) is 1. The van der Waals surface area contributed by atoms with Crippen LogP contribution in [0.3, 0.4) is 0 Å². The SMILES string of the molecule is Cc1cccn(Cc2cccc(N)c2C(=O)O)c1=O. The minimum atomic E-state index is -1.09. The highest BCUT2D eigenvalue weighted by atomic mass is 16.4. The number of carbonyl (C=O) groups is 1. The number of aromatic nitrogens is 1. The Bertz CT molecular complexity index is 689. The van der Waals surface area contributed by atoms with Crippen molar-refractivity contribution in [2.45, 2.75) is 13.5 Å². The van der Waals surface area contributed by atoms with Crippen LogP contribution in [0.5, 0.6) is 0 Å². The van der Waals surface area contributed by atoms with E-state index in [9.17, 15) is 14.7 Å². The zero-order valence-corrected chi connectivity index (χ0v) is 10.5. The van der Waals surface area contributed by atoms with Gasteiger partial charge in [0.2, 0.25) is 0 Å². The molecule has 1 heterocycles. The number of benzene rings is 1. The second kappa shape index (κ2) is 4.97. The highest BCUT2D eigenvalue weighted by Gasteiger charge is 2.14. The largest absolute Gasteiger partial charge is 0.478 e. The first-order valence-electron chi connectivity index (χ1n) is 5.77. The van der Waals surface area contributed by atoms with Crippen molar-refractivity contribution in [1.29, 1.82) is 0 Å². The molecule has 3 N–H and O–H groups in total. The van der Waals surface area contributed by atoms with Crippen LogP contribution in [0.25, 0.3) is 0 Å². The number of carboxylic acids is 1. The minimum absolute atomic E-state index is 0.0518. The Morgan fingerprint density at radius 2 is 2.05 bits per heavy atom. The second-order valence-corrected chi connectivity index (χ2v) is 4.31. The lowest BCUT2D eigenvalue weighted by Crippen LogP contribution is -2.23. The molecule has 2 aromatic rings. The number of aromatic carboxylic acids is 1. The zero-order valence-electron chi connectivity index (χ0n) is 10.5. The van der Waals surface area contributed by atoms with Crippen molar-refractivity contribution in [2.75, 3.05) is 5.73 Å². The van der Waals surface area contributed by atoms with E-state index < -0.39 is 5.97 Å². The standard InChI is InChI=1S/C14H14N2O3/c1-9-4-3-7-16(13(9)17)8-10-5-2-6-11(15)12(10)14(18)19/h2-7H,8,15H2,1H3,(H,18,19). The van der Waals surface area contributed by atoms with Crippen molar-refractivity contribution in [3.8, 4) is 0 Å². The Labute approximate surface area is 109 Å². The summed E-state index contributed by atoms with van der Waals surface area (Å²) in [4.78, 5) is 23.1. The number of aryl methyl sites for hydroxylation is 1. The van der Waals surface area contributed by atoms with Crippen LogP contribution in [-0.2, 0) is 6.54 Å². The maximum Gasteiger partial charge on any atom is 0.338 e. The molecule has 0 aliphatic carbocycles. The van der Waals surface area contributed by atoms with Crippen molar-refractivity contribution in [3.63, 3.8) is 0 Å². The molecule has 0 fully saturated rings. The summed E-state index contributed by atoms with van der Waals surface area (Å²) in [5.74, 6) is -1.09. The van der Waals surface area contributed by atoms with Crippen molar-refractivity contribution in [1.82, 2.24) is 4.57 Å². The first-order valence-corrected chi connectivity index (χ1v) is 5.77. The number of hydrogen-bond donors (Lipinski definition) is 2. The lowest BCUT2D eigenvalue weighted by Gasteiger charge is -2.11. The normalized spacial score (nSPS) is 10.4. The molecule has 0 spiro atoms. The van der Waals surface area contributed by atoms with Gasteiger partial charge in [-0.15, -0.1) is 0 Å². The molecule has 0 amide bonds. The fourth-order valence-corrected chi connectivity index (χ4v) is 1.98. The summed E-state index contributed by atoms with van der Waals surface area (Å²) in [5, 5.41) is 9.18. The Kier molecular flexibility index (Phi) is 3.37. The Hall–Kier alpha value is -2.56. The first kappa shape index (κ1) is 12.9. The molecule has 0 radical (unpaired) electrons. The first-order chi connectivity index (χ1) is 9.00. The van der Waals surface area contributed by atoms with Gasteiger partial charge in [-0.2, -0.15) is 0 Å². The van der Waals surface area contributed by atoms with E-state index in [-0.39, 0.29) is 23.4 Å². The van der Waals surface area contributed by atoms with Crippen LogP contribution in [0.4, 0.5) is 5.69 Å². The average molecular weight is 258 g/mol. The average Bonchev–Trinajstić information content (AvgIpc) is 2.34. The third-order valence-electron chi connectivity index (χ3n) is 2.95. The monoisotopic (exact) mass is 258 g/mol. The molecule has 0 unspecified atom stereocenters. The maximum atomic E-state index is 11.9. The molecule has 98 valence electrons. The van der Waals surface area contributed by atoms with Crippen LogP contribution >= 0.6 is 0 Å². The van der Waals surface area contributed by atoms with Gasteiger partial charge in [-0.05, 0) is 24.6 Å². The topological polar surface area (TPSA) is 85.3 Å². The van der Waals surface area contributed by atoms with Gasteiger partial charge >= 0.3 is 5.97 Å². The molecule has 0 aliphatic rings. The van der Waals surface area contributed by atoms with Crippen molar-refractivity contribution >= 4 is 11.7 Å². The van der Waals surface area contributed by atoms with Crippen molar-refractivity contribution in [2.24, 2.45) is 0 Å². The van der Waals surface area contributed by atoms with Gasteiger partial charge in [0, 0.05) is 17.4 Å². The van der Waals surface area contributed by atoms with E-state index in [2.05, 4.69) is 0 Å². The Morgan fingerprint density at radius 3 is 2.74 bits per heavy atom. The van der Waals surface area contributed by atoms with E-state index in [1.807, 2.05) is 0 Å². The summed E-state index contributed by atoms with van der Waals surface area (Å²) in [6.45, 7) is 1.91. The van der Waals surface area contributed by atoms with Gasteiger partial charge in [0.1, 0.15) is 0 Å². The van der Waals surface area contributed by atoms with Crippen LogP contribution in [-0.4, -0.2) is 15.6 Å². The predicted octanol–water partition coefficient (Wildman–Crippen LogP) is 1.49. The summed E-state index contributed by atoms with van der Waals surface area (Å²) in [7, 11) is 0. The predicted molar refractivity (Wildman–Crippen MR) is 72.4 cm³/mol. The highest BCUT2D eigenvalue weighted by Crippen LogP contribution is 2.17. The van der Waals surface area contributed by atoms with Crippen LogP contribution in [0, 0.1) is 6.92 Å². The van der Waals surface area contributed by atoms with Gasteiger partial charge in [-0.25, -0.2) is 4.79 Å². The molecule has 19 heavy (non-hydrogen) atoms. The maximum absolute atomic E-state index is 11.9. The van der Waals surface area contributed by atoms with Crippen LogP contribution in [0.2, 0.25) is 0 Å². The molecule has 5 heteroatoms. The van der Waals surface area contributed by atoms with Crippen molar-refractivity contribution in [3.05, 3.63) is 63.6 Å². The van der Waals surface area contributed by atoms with Gasteiger partial charge in [-0.1, -0.05) is 18.2 Å². The smallest absolute Gasteiger partial charge is 0.338 e. The number of pyridine rings is 1. The number of nitrogens with zero attached hydrogens (tertiary/aromatic N) is 1. The minimum Gasteiger partial charge on any atom is -0.478 e. The number of nitrogens with two attached hydrogens (primary N) is 1. The van der Waals surface area contributed by atoms with Gasteiger partial charge in [0.25, 0.3) is 5.56 Å². The van der Waals surface area contributed by atoms with E-state index in [4.69, 9.17) is 5.73 Å². The van der Waals surface area contributed by atoms with E-state index in [0.29, 0.717) is 11.1 Å². The molecular formula is C14H14N2O3. The molecule has 0 atom stereocenters. The quantitative estimate of drug-likeness (QED) is 0.817. The molecule has 0 saturated heterocycles. The molecule has 1 aromatic heterocycles. The summed E-state index contributed by atoms with van der Waals surface area (Å²) in [6, 6.07) is 8.35. The fourth-order valence-electron chi connectivity index (χ4n) is 1.98. The van der Waals surface area contributed by atoms with Crippen LogP contribution in [0.15, 0.2) is 41.3 Å². The Balaban J connectivity index is 2.50. The number of hydrogen-bond acceptors (Lipinski definition) is 3. The van der Waals surface area contributed by atoms with Crippen LogP contribution < -0.4 is 11.3 Å². The summed E-state index contributed by atoms with van der Waals surface area (Å²) in [5.41, 5.74) is 6.92. The summed E-state index contributed by atoms with van der Waals surface area (Å²) >= 11 is 0. The van der Waals surface area contributed by atoms with Gasteiger partial charge < -0.3 is 15.4 Å². The van der Waals surface area contributed by atoms with Crippen molar-refractivity contribution < 1.29 is 9.90 Å². The Morgan fingerprint density at radius 1 is 1.32 bits per heavy atom. The summed E-state index contributed by atoms with van der Waals surface area (Å²) < 4.78 is 1.47.